The van der Waals surface area contributed by atoms with E-state index in [1.165, 1.54) is 22.2 Å². The number of nitrogens with one attached hydrogen (secondary N) is 1. The Labute approximate surface area is 169 Å². The lowest BCUT2D eigenvalue weighted by Crippen LogP contribution is -2.31. The number of hydrogen-bond acceptors (Lipinski definition) is 6. The molecule has 0 saturated heterocycles. The van der Waals surface area contributed by atoms with Crippen LogP contribution in [0.1, 0.15) is 4.88 Å². The summed E-state index contributed by atoms with van der Waals surface area (Å²) in [4.78, 5) is 30.5. The number of ether oxygens (including phenoxy) is 1. The van der Waals surface area contributed by atoms with Gasteiger partial charge in [-0.2, -0.15) is 0 Å². The van der Waals surface area contributed by atoms with Crippen LogP contribution in [0.2, 0.25) is 0 Å². The van der Waals surface area contributed by atoms with Crippen molar-refractivity contribution in [2.24, 2.45) is 0 Å². The van der Waals surface area contributed by atoms with Crippen LogP contribution in [-0.2, 0) is 17.9 Å². The molecule has 6 nitrogen and oxygen atoms in total. The first-order valence-corrected chi connectivity index (χ1v) is 10.3. The summed E-state index contributed by atoms with van der Waals surface area (Å²) in [7, 11) is 1.62. The van der Waals surface area contributed by atoms with Gasteiger partial charge in [0.2, 0.25) is 5.91 Å². The zero-order chi connectivity index (χ0) is 19.5. The molecule has 3 aromatic heterocycles. The highest BCUT2D eigenvalue weighted by Gasteiger charge is 2.14. The number of methoxy groups -OCH3 is 1. The summed E-state index contributed by atoms with van der Waals surface area (Å²) in [6, 6.07) is 11.5. The molecule has 0 fully saturated rings. The van der Waals surface area contributed by atoms with E-state index in [0.717, 1.165) is 21.8 Å². The minimum absolute atomic E-state index is 0.0527. The van der Waals surface area contributed by atoms with Gasteiger partial charge in [-0.3, -0.25) is 14.2 Å². The number of rotatable bonds is 6. The van der Waals surface area contributed by atoms with Crippen LogP contribution >= 0.6 is 22.7 Å². The van der Waals surface area contributed by atoms with E-state index in [2.05, 4.69) is 10.3 Å². The van der Waals surface area contributed by atoms with Crippen molar-refractivity contribution in [3.8, 4) is 16.9 Å². The molecule has 4 rings (SSSR count). The largest absolute Gasteiger partial charge is 0.497 e. The van der Waals surface area contributed by atoms with Gasteiger partial charge in [0.1, 0.15) is 17.0 Å². The SMILES string of the molecule is COc1ccc(-c2csc3c(=O)n(CC(=O)NCc4cccs4)cnc23)cc1. The van der Waals surface area contributed by atoms with Gasteiger partial charge in [-0.15, -0.1) is 22.7 Å². The third-order valence-corrected chi connectivity index (χ3v) is 6.13. The van der Waals surface area contributed by atoms with E-state index >= 15 is 0 Å². The Bertz CT molecular complexity index is 1160. The summed E-state index contributed by atoms with van der Waals surface area (Å²) in [6.07, 6.45) is 1.44. The molecule has 0 atom stereocenters. The minimum Gasteiger partial charge on any atom is -0.497 e. The first-order valence-electron chi connectivity index (χ1n) is 8.56. The van der Waals surface area contributed by atoms with Crippen molar-refractivity contribution in [1.29, 1.82) is 0 Å². The summed E-state index contributed by atoms with van der Waals surface area (Å²) in [5, 5.41) is 6.70. The molecule has 0 radical (unpaired) electrons. The van der Waals surface area contributed by atoms with Gasteiger partial charge in [-0.25, -0.2) is 4.98 Å². The second-order valence-corrected chi connectivity index (χ2v) is 8.00. The molecule has 0 bridgehead atoms. The van der Waals surface area contributed by atoms with Crippen LogP contribution in [0.3, 0.4) is 0 Å². The number of hydrogen-bond donors (Lipinski definition) is 1. The molecule has 3 heterocycles. The number of carbonyl (C=O) groups excluding carboxylic acids is 1. The maximum atomic E-state index is 12.8. The van der Waals surface area contributed by atoms with Crippen molar-refractivity contribution >= 4 is 38.8 Å². The molecular weight excluding hydrogens is 394 g/mol. The van der Waals surface area contributed by atoms with Crippen molar-refractivity contribution in [3.63, 3.8) is 0 Å². The van der Waals surface area contributed by atoms with Gasteiger partial charge >= 0.3 is 0 Å². The van der Waals surface area contributed by atoms with Crippen LogP contribution in [0.4, 0.5) is 0 Å². The molecule has 0 aliphatic rings. The highest BCUT2D eigenvalue weighted by atomic mass is 32.1. The molecular formula is C20H17N3O3S2. The fraction of sp³-hybridized carbons (Fsp3) is 0.150. The predicted octanol–water partition coefficient (Wildman–Crippen LogP) is 3.51. The summed E-state index contributed by atoms with van der Waals surface area (Å²) < 4.78 is 7.07. The molecule has 0 unspecified atom stereocenters. The quantitative estimate of drug-likeness (QED) is 0.527. The second kappa shape index (κ2) is 7.95. The number of thiophene rings is 2. The number of fused-ring (bicyclic) bond motifs is 1. The minimum atomic E-state index is -0.219. The van der Waals surface area contributed by atoms with E-state index in [1.807, 2.05) is 47.2 Å². The smallest absolute Gasteiger partial charge is 0.271 e. The topological polar surface area (TPSA) is 73.2 Å². The average Bonchev–Trinajstić information content (AvgIpc) is 3.39. The summed E-state index contributed by atoms with van der Waals surface area (Å²) in [6.45, 7) is 0.407. The lowest BCUT2D eigenvalue weighted by molar-refractivity contribution is -0.121. The van der Waals surface area contributed by atoms with Crippen LogP contribution in [-0.4, -0.2) is 22.6 Å². The number of benzene rings is 1. The Hall–Kier alpha value is -2.97. The van der Waals surface area contributed by atoms with Crippen molar-refractivity contribution in [1.82, 2.24) is 14.9 Å². The Morgan fingerprint density at radius 1 is 1.21 bits per heavy atom. The monoisotopic (exact) mass is 411 g/mol. The maximum absolute atomic E-state index is 12.8. The molecule has 142 valence electrons. The molecule has 0 aliphatic heterocycles. The van der Waals surface area contributed by atoms with Gasteiger partial charge in [-0.1, -0.05) is 18.2 Å². The van der Waals surface area contributed by atoms with E-state index in [9.17, 15) is 9.59 Å². The number of nitrogens with zero attached hydrogens (tertiary/aromatic N) is 2. The standard InChI is InChI=1S/C20H17N3O3S2/c1-26-14-6-4-13(5-7-14)16-11-28-19-18(16)22-12-23(20(19)25)10-17(24)21-9-15-3-2-8-27-15/h2-8,11-12H,9-10H2,1H3,(H,21,24). The van der Waals surface area contributed by atoms with Crippen molar-refractivity contribution in [3.05, 3.63) is 68.7 Å². The van der Waals surface area contributed by atoms with E-state index < -0.39 is 0 Å². The zero-order valence-corrected chi connectivity index (χ0v) is 16.7. The van der Waals surface area contributed by atoms with Crippen molar-refractivity contribution in [2.45, 2.75) is 13.1 Å². The van der Waals surface area contributed by atoms with Gasteiger partial charge < -0.3 is 10.1 Å². The van der Waals surface area contributed by atoms with Crippen LogP contribution in [0.25, 0.3) is 21.3 Å². The normalized spacial score (nSPS) is 10.9. The fourth-order valence-electron chi connectivity index (χ4n) is 2.84. The molecule has 0 saturated carbocycles. The molecule has 1 N–H and O–H groups in total. The molecule has 0 spiro atoms. The van der Waals surface area contributed by atoms with Gasteiger partial charge in [0, 0.05) is 15.8 Å². The van der Waals surface area contributed by atoms with Gasteiger partial charge in [0.15, 0.2) is 0 Å². The van der Waals surface area contributed by atoms with E-state index in [4.69, 9.17) is 4.74 Å². The third kappa shape index (κ3) is 3.69. The van der Waals surface area contributed by atoms with Gasteiger partial charge in [0.05, 0.1) is 25.5 Å². The first kappa shape index (κ1) is 18.4. The number of carbonyl (C=O) groups is 1. The molecule has 0 aliphatic carbocycles. The molecule has 28 heavy (non-hydrogen) atoms. The lowest BCUT2D eigenvalue weighted by atomic mass is 10.1. The van der Waals surface area contributed by atoms with Crippen molar-refractivity contribution in [2.75, 3.05) is 7.11 Å². The second-order valence-electron chi connectivity index (χ2n) is 6.09. The lowest BCUT2D eigenvalue weighted by Gasteiger charge is -2.07. The third-order valence-electron chi connectivity index (χ3n) is 4.30. The molecule has 4 aromatic rings. The van der Waals surface area contributed by atoms with E-state index in [0.29, 0.717) is 16.8 Å². The Kier molecular flexibility index (Phi) is 5.23. The fourth-order valence-corrected chi connectivity index (χ4v) is 4.46. The number of amides is 1. The van der Waals surface area contributed by atoms with Gasteiger partial charge in [-0.05, 0) is 29.1 Å². The Morgan fingerprint density at radius 2 is 2.04 bits per heavy atom. The summed E-state index contributed by atoms with van der Waals surface area (Å²) in [5.74, 6) is 0.552. The predicted molar refractivity (Wildman–Crippen MR) is 112 cm³/mol. The molecule has 8 heteroatoms. The van der Waals surface area contributed by atoms with Crippen LogP contribution < -0.4 is 15.6 Å². The van der Waals surface area contributed by atoms with Crippen LogP contribution in [0, 0.1) is 0 Å². The van der Waals surface area contributed by atoms with E-state index in [-0.39, 0.29) is 18.0 Å². The molecule has 1 amide bonds. The summed E-state index contributed by atoms with van der Waals surface area (Å²) in [5.41, 5.74) is 2.30. The first-order chi connectivity index (χ1) is 13.7. The Morgan fingerprint density at radius 3 is 2.75 bits per heavy atom. The summed E-state index contributed by atoms with van der Waals surface area (Å²) >= 11 is 2.92. The van der Waals surface area contributed by atoms with Crippen LogP contribution in [0.15, 0.2) is 58.3 Å². The highest BCUT2D eigenvalue weighted by Crippen LogP contribution is 2.31. The number of aromatic nitrogens is 2. The highest BCUT2D eigenvalue weighted by molar-refractivity contribution is 7.17. The maximum Gasteiger partial charge on any atom is 0.271 e. The zero-order valence-electron chi connectivity index (χ0n) is 15.0. The van der Waals surface area contributed by atoms with Gasteiger partial charge in [0.25, 0.3) is 5.56 Å². The van der Waals surface area contributed by atoms with Crippen molar-refractivity contribution < 1.29 is 9.53 Å². The van der Waals surface area contributed by atoms with Crippen LogP contribution in [0.5, 0.6) is 5.75 Å². The molecule has 1 aromatic carbocycles. The average molecular weight is 412 g/mol. The Balaban J connectivity index is 1.55. The van der Waals surface area contributed by atoms with E-state index in [1.54, 1.807) is 18.4 Å².